The lowest BCUT2D eigenvalue weighted by Gasteiger charge is -2.53. The van der Waals surface area contributed by atoms with E-state index in [4.69, 9.17) is 14.2 Å². The van der Waals surface area contributed by atoms with Crippen molar-refractivity contribution in [1.29, 1.82) is 0 Å². The first kappa shape index (κ1) is 19.6. The molecule has 1 saturated heterocycles. The number of carbonyl (C=O) groups is 3. The van der Waals surface area contributed by atoms with E-state index in [0.29, 0.717) is 35.6 Å². The van der Waals surface area contributed by atoms with Gasteiger partial charge in [-0.2, -0.15) is 0 Å². The number of hydrogen-bond acceptors (Lipinski definition) is 6. The van der Waals surface area contributed by atoms with Crippen LogP contribution < -0.4 is 9.47 Å². The summed E-state index contributed by atoms with van der Waals surface area (Å²) < 4.78 is 16.3. The van der Waals surface area contributed by atoms with Gasteiger partial charge in [0.15, 0.2) is 17.3 Å². The second-order valence-electron chi connectivity index (χ2n) is 8.27. The molecule has 7 heteroatoms. The van der Waals surface area contributed by atoms with Gasteiger partial charge in [-0.3, -0.25) is 14.4 Å². The maximum absolute atomic E-state index is 13.4. The molecule has 2 heterocycles. The molecule has 2 aliphatic heterocycles. The van der Waals surface area contributed by atoms with Crippen LogP contribution in [0.5, 0.6) is 11.5 Å². The van der Waals surface area contributed by atoms with Gasteiger partial charge in [0, 0.05) is 24.9 Å². The Labute approximate surface area is 179 Å². The van der Waals surface area contributed by atoms with Crippen LogP contribution in [-0.2, 0) is 26.3 Å². The van der Waals surface area contributed by atoms with Crippen LogP contribution in [0.4, 0.5) is 0 Å². The van der Waals surface area contributed by atoms with E-state index in [2.05, 4.69) is 0 Å². The van der Waals surface area contributed by atoms with Gasteiger partial charge in [0.1, 0.15) is 11.0 Å². The number of rotatable bonds is 3. The first-order valence-electron chi connectivity index (χ1n) is 10.2. The van der Waals surface area contributed by atoms with E-state index in [0.717, 1.165) is 11.1 Å². The predicted molar refractivity (Wildman–Crippen MR) is 110 cm³/mol. The molecule has 1 amide bonds. The molecule has 0 aromatic heterocycles. The number of amides is 1. The number of fused-ring (bicyclic) bond motifs is 2. The van der Waals surface area contributed by atoms with Crippen LogP contribution in [0.2, 0.25) is 0 Å². The lowest BCUT2D eigenvalue weighted by Crippen LogP contribution is -2.61. The molecule has 1 fully saturated rings. The predicted octanol–water partition coefficient (Wildman–Crippen LogP) is 2.48. The third-order valence-electron chi connectivity index (χ3n) is 7.11. The van der Waals surface area contributed by atoms with E-state index in [1.165, 1.54) is 7.11 Å². The molecular formula is C24H23NO6. The third kappa shape index (κ3) is 2.21. The van der Waals surface area contributed by atoms with Crippen molar-refractivity contribution in [3.05, 3.63) is 58.7 Å². The van der Waals surface area contributed by atoms with E-state index in [1.54, 1.807) is 31.3 Å². The fourth-order valence-electron chi connectivity index (χ4n) is 5.96. The normalized spacial score (nSPS) is 25.8. The van der Waals surface area contributed by atoms with Crippen molar-refractivity contribution in [3.8, 4) is 11.5 Å². The van der Waals surface area contributed by atoms with Crippen molar-refractivity contribution in [1.82, 2.24) is 4.90 Å². The van der Waals surface area contributed by atoms with Gasteiger partial charge in [0.25, 0.3) is 0 Å². The summed E-state index contributed by atoms with van der Waals surface area (Å²) in [5, 5.41) is 0. The quantitative estimate of drug-likeness (QED) is 0.709. The van der Waals surface area contributed by atoms with Crippen LogP contribution in [0.3, 0.4) is 0 Å². The third-order valence-corrected chi connectivity index (χ3v) is 7.11. The first-order chi connectivity index (χ1) is 14.9. The summed E-state index contributed by atoms with van der Waals surface area (Å²) in [5.41, 5.74) is 0.446. The minimum Gasteiger partial charge on any atom is -0.493 e. The van der Waals surface area contributed by atoms with E-state index in [-0.39, 0.29) is 24.5 Å². The Morgan fingerprint density at radius 2 is 1.68 bits per heavy atom. The molecule has 1 aliphatic carbocycles. The van der Waals surface area contributed by atoms with Crippen LogP contribution in [-0.4, -0.2) is 50.4 Å². The second-order valence-corrected chi connectivity index (χ2v) is 8.27. The van der Waals surface area contributed by atoms with Crippen molar-refractivity contribution < 1.29 is 28.6 Å². The Bertz CT molecular complexity index is 1140. The summed E-state index contributed by atoms with van der Waals surface area (Å²) in [4.78, 5) is 41.7. The van der Waals surface area contributed by atoms with Crippen LogP contribution in [0.15, 0.2) is 36.4 Å². The van der Waals surface area contributed by atoms with Crippen LogP contribution in [0, 0.1) is 5.41 Å². The van der Waals surface area contributed by atoms with E-state index in [1.807, 2.05) is 24.3 Å². The van der Waals surface area contributed by atoms with Gasteiger partial charge in [-0.05, 0) is 35.2 Å². The molecule has 0 bridgehead atoms. The van der Waals surface area contributed by atoms with E-state index < -0.39 is 16.9 Å². The van der Waals surface area contributed by atoms with Crippen molar-refractivity contribution in [2.45, 2.75) is 24.8 Å². The molecule has 0 N–H and O–H groups in total. The molecule has 160 valence electrons. The number of Topliss-reactive ketones (excluding diaryl/α,β-unsaturated/α-hetero) is 1. The number of hydrogen-bond donors (Lipinski definition) is 0. The van der Waals surface area contributed by atoms with Crippen LogP contribution in [0.25, 0.3) is 0 Å². The highest BCUT2D eigenvalue weighted by atomic mass is 16.5. The summed E-state index contributed by atoms with van der Waals surface area (Å²) in [6, 6.07) is 11.0. The van der Waals surface area contributed by atoms with Gasteiger partial charge in [-0.1, -0.05) is 24.3 Å². The number of ether oxygens (including phenoxy) is 3. The molecule has 2 atom stereocenters. The summed E-state index contributed by atoms with van der Waals surface area (Å²) >= 11 is 0. The van der Waals surface area contributed by atoms with E-state index >= 15 is 0 Å². The number of ketones is 1. The summed E-state index contributed by atoms with van der Waals surface area (Å²) in [7, 11) is 4.43. The number of methoxy groups -OCH3 is 3. The molecule has 0 saturated carbocycles. The Morgan fingerprint density at radius 3 is 2.39 bits per heavy atom. The van der Waals surface area contributed by atoms with Gasteiger partial charge in [0.2, 0.25) is 5.91 Å². The molecule has 7 nitrogen and oxygen atoms in total. The lowest BCUT2D eigenvalue weighted by molar-refractivity contribution is -0.158. The Kier molecular flexibility index (Phi) is 4.16. The lowest BCUT2D eigenvalue weighted by atomic mass is 9.55. The average Bonchev–Trinajstić information content (AvgIpc) is 3.07. The topological polar surface area (TPSA) is 82.1 Å². The molecule has 0 radical (unpaired) electrons. The SMILES string of the molecule is COC(=O)[C@@]12CC(=O)c3ccccc3[C@@]13c1cc(OC)c(OC)cc1CCN3C(=O)C2. The standard InChI is InChI=1S/C24H23NO6/c1-29-19-10-14-8-9-25-21(27)13-23(22(28)31-3)12-18(26)15-6-4-5-7-16(15)24(23,25)17(14)11-20(19)30-2/h4-7,10-11H,8-9,12-13H2,1-3H3/t23-,24+/m0/s1. The number of nitrogens with zero attached hydrogens (tertiary/aromatic N) is 1. The van der Waals surface area contributed by atoms with Gasteiger partial charge < -0.3 is 19.1 Å². The van der Waals surface area contributed by atoms with Gasteiger partial charge in [0.05, 0.1) is 21.3 Å². The average molecular weight is 421 g/mol. The molecule has 3 aliphatic rings. The smallest absolute Gasteiger partial charge is 0.315 e. The summed E-state index contributed by atoms with van der Waals surface area (Å²) in [6.45, 7) is 0.433. The number of esters is 1. The molecule has 2 aromatic carbocycles. The number of carbonyl (C=O) groups excluding carboxylic acids is 3. The van der Waals surface area contributed by atoms with E-state index in [9.17, 15) is 14.4 Å². The largest absolute Gasteiger partial charge is 0.493 e. The molecule has 0 unspecified atom stereocenters. The van der Waals surface area contributed by atoms with Crippen molar-refractivity contribution in [2.75, 3.05) is 27.9 Å². The van der Waals surface area contributed by atoms with Crippen molar-refractivity contribution >= 4 is 17.7 Å². The monoisotopic (exact) mass is 421 g/mol. The van der Waals surface area contributed by atoms with Gasteiger partial charge >= 0.3 is 5.97 Å². The summed E-state index contributed by atoms with van der Waals surface area (Å²) in [6.07, 6.45) is 0.441. The highest BCUT2D eigenvalue weighted by molar-refractivity contribution is 6.07. The molecule has 31 heavy (non-hydrogen) atoms. The van der Waals surface area contributed by atoms with Crippen molar-refractivity contribution in [3.63, 3.8) is 0 Å². The Hall–Kier alpha value is -3.35. The fourth-order valence-corrected chi connectivity index (χ4v) is 5.96. The fraction of sp³-hybridized carbons (Fsp3) is 0.375. The van der Waals surface area contributed by atoms with Crippen LogP contribution >= 0.6 is 0 Å². The Morgan fingerprint density at radius 1 is 0.968 bits per heavy atom. The van der Waals surface area contributed by atoms with Gasteiger partial charge in [-0.15, -0.1) is 0 Å². The van der Waals surface area contributed by atoms with Crippen molar-refractivity contribution in [2.24, 2.45) is 5.41 Å². The van der Waals surface area contributed by atoms with Crippen LogP contribution in [0.1, 0.15) is 39.9 Å². The minimum absolute atomic E-state index is 0.0759. The first-order valence-corrected chi connectivity index (χ1v) is 10.2. The molecule has 2 aromatic rings. The Balaban J connectivity index is 1.95. The second kappa shape index (κ2) is 6.57. The molecule has 5 rings (SSSR count). The summed E-state index contributed by atoms with van der Waals surface area (Å²) in [5.74, 6) is 0.224. The maximum Gasteiger partial charge on any atom is 0.315 e. The molecular weight excluding hydrogens is 398 g/mol. The zero-order chi connectivity index (χ0) is 22.0. The number of benzene rings is 2. The van der Waals surface area contributed by atoms with Gasteiger partial charge in [-0.25, -0.2) is 0 Å². The zero-order valence-corrected chi connectivity index (χ0v) is 17.7. The molecule has 1 spiro atoms. The zero-order valence-electron chi connectivity index (χ0n) is 17.7. The minimum atomic E-state index is -1.35. The maximum atomic E-state index is 13.4. The highest BCUT2D eigenvalue weighted by Crippen LogP contribution is 2.64. The highest BCUT2D eigenvalue weighted by Gasteiger charge is 2.72.